The Hall–Kier alpha value is -2.14. The topological polar surface area (TPSA) is 64.2 Å². The summed E-state index contributed by atoms with van der Waals surface area (Å²) in [6.45, 7) is 4.93. The monoisotopic (exact) mass is 328 g/mol. The summed E-state index contributed by atoms with van der Waals surface area (Å²) in [6.07, 6.45) is 5.85. The number of aromatic nitrogens is 2. The van der Waals surface area contributed by atoms with Gasteiger partial charge in [0.1, 0.15) is 0 Å². The van der Waals surface area contributed by atoms with E-state index in [1.807, 2.05) is 54.5 Å². The van der Waals surface area contributed by atoms with Gasteiger partial charge in [0, 0.05) is 32.3 Å². The van der Waals surface area contributed by atoms with Crippen LogP contribution < -0.4 is 5.73 Å². The third-order valence-corrected chi connectivity index (χ3v) is 4.36. The molecule has 0 bridgehead atoms. The summed E-state index contributed by atoms with van der Waals surface area (Å²) >= 11 is 0. The van der Waals surface area contributed by atoms with Gasteiger partial charge in [-0.3, -0.25) is 4.79 Å². The van der Waals surface area contributed by atoms with Crippen molar-refractivity contribution < 1.29 is 4.79 Å². The molecule has 1 amide bonds. The van der Waals surface area contributed by atoms with Crippen LogP contribution in [0.4, 0.5) is 0 Å². The van der Waals surface area contributed by atoms with Crippen LogP contribution in [0.2, 0.25) is 0 Å². The van der Waals surface area contributed by atoms with E-state index < -0.39 is 0 Å². The Morgan fingerprint density at radius 1 is 1.29 bits per heavy atom. The highest BCUT2D eigenvalue weighted by Crippen LogP contribution is 2.10. The highest BCUT2D eigenvalue weighted by Gasteiger charge is 2.13. The maximum absolute atomic E-state index is 12.2. The number of benzene rings is 1. The first-order valence-corrected chi connectivity index (χ1v) is 8.56. The molecule has 2 rings (SSSR count). The van der Waals surface area contributed by atoms with E-state index in [-0.39, 0.29) is 11.9 Å². The van der Waals surface area contributed by atoms with Crippen molar-refractivity contribution in [2.24, 2.45) is 11.7 Å². The average molecular weight is 328 g/mol. The summed E-state index contributed by atoms with van der Waals surface area (Å²) in [5.41, 5.74) is 8.13. The summed E-state index contributed by atoms with van der Waals surface area (Å²) in [5, 5.41) is 4.36. The fourth-order valence-corrected chi connectivity index (χ4v) is 2.45. The van der Waals surface area contributed by atoms with Gasteiger partial charge in [-0.2, -0.15) is 5.10 Å². The Kier molecular flexibility index (Phi) is 6.55. The van der Waals surface area contributed by atoms with Crippen LogP contribution in [-0.2, 0) is 11.2 Å². The lowest BCUT2D eigenvalue weighted by Gasteiger charge is -2.21. The number of aryl methyl sites for hydroxylation is 1. The number of carbonyl (C=O) groups is 1. The number of nitrogens with two attached hydrogens (primary N) is 1. The molecule has 0 fully saturated rings. The molecule has 2 aromatic rings. The van der Waals surface area contributed by atoms with Crippen molar-refractivity contribution in [3.05, 3.63) is 48.3 Å². The smallest absolute Gasteiger partial charge is 0.222 e. The molecule has 0 aliphatic heterocycles. The molecule has 0 saturated carbocycles. The Morgan fingerprint density at radius 3 is 2.67 bits per heavy atom. The molecule has 5 nitrogen and oxygen atoms in total. The zero-order chi connectivity index (χ0) is 17.5. The number of para-hydroxylation sites is 1. The van der Waals surface area contributed by atoms with Crippen molar-refractivity contribution in [3.8, 4) is 5.69 Å². The Balaban J connectivity index is 1.80. The van der Waals surface area contributed by atoms with Gasteiger partial charge in [-0.15, -0.1) is 0 Å². The molecule has 0 spiro atoms. The highest BCUT2D eigenvalue weighted by molar-refractivity contribution is 5.76. The van der Waals surface area contributed by atoms with Crippen molar-refractivity contribution >= 4 is 5.91 Å². The van der Waals surface area contributed by atoms with Crippen LogP contribution >= 0.6 is 0 Å². The van der Waals surface area contributed by atoms with Crippen LogP contribution in [-0.4, -0.2) is 40.2 Å². The highest BCUT2D eigenvalue weighted by atomic mass is 16.2. The predicted octanol–water partition coefficient (Wildman–Crippen LogP) is 2.64. The van der Waals surface area contributed by atoms with Crippen molar-refractivity contribution in [3.63, 3.8) is 0 Å². The number of carbonyl (C=O) groups excluding carboxylic acids is 1. The molecule has 2 N–H and O–H groups in total. The Labute approximate surface area is 144 Å². The number of hydrogen-bond donors (Lipinski definition) is 1. The van der Waals surface area contributed by atoms with E-state index in [0.717, 1.165) is 17.7 Å². The third kappa shape index (κ3) is 5.20. The van der Waals surface area contributed by atoms with E-state index in [4.69, 9.17) is 5.73 Å². The van der Waals surface area contributed by atoms with E-state index in [2.05, 4.69) is 18.9 Å². The predicted molar refractivity (Wildman–Crippen MR) is 97.0 cm³/mol. The van der Waals surface area contributed by atoms with Crippen LogP contribution in [0.3, 0.4) is 0 Å². The van der Waals surface area contributed by atoms with Crippen LogP contribution in [0.5, 0.6) is 0 Å². The maximum atomic E-state index is 12.2. The standard InChI is InChI=1S/C19H28N4O/c1-15(2)18(20)11-12-22(3)19(24)10-9-16-13-21-23(14-16)17-7-5-4-6-8-17/h4-8,13-15,18H,9-12,20H2,1-3H3. The van der Waals surface area contributed by atoms with Crippen molar-refractivity contribution in [2.45, 2.75) is 39.2 Å². The van der Waals surface area contributed by atoms with E-state index in [0.29, 0.717) is 25.3 Å². The molecular weight excluding hydrogens is 300 g/mol. The summed E-state index contributed by atoms with van der Waals surface area (Å²) < 4.78 is 1.84. The minimum absolute atomic E-state index is 0.143. The van der Waals surface area contributed by atoms with E-state index >= 15 is 0 Å². The molecule has 0 saturated heterocycles. The van der Waals surface area contributed by atoms with Gasteiger partial charge in [0.25, 0.3) is 0 Å². The molecule has 0 aliphatic rings. The molecule has 1 aromatic heterocycles. The van der Waals surface area contributed by atoms with E-state index in [9.17, 15) is 4.79 Å². The lowest BCUT2D eigenvalue weighted by molar-refractivity contribution is -0.129. The van der Waals surface area contributed by atoms with Gasteiger partial charge < -0.3 is 10.6 Å². The minimum atomic E-state index is 0.143. The van der Waals surface area contributed by atoms with Gasteiger partial charge in [-0.25, -0.2) is 4.68 Å². The molecule has 1 atom stereocenters. The van der Waals surface area contributed by atoms with Gasteiger partial charge >= 0.3 is 0 Å². The Bertz CT molecular complexity index is 636. The number of amides is 1. The van der Waals surface area contributed by atoms with Crippen LogP contribution in [0, 0.1) is 5.92 Å². The van der Waals surface area contributed by atoms with Crippen LogP contribution in [0.25, 0.3) is 5.69 Å². The number of hydrogen-bond acceptors (Lipinski definition) is 3. The van der Waals surface area contributed by atoms with E-state index in [1.165, 1.54) is 0 Å². The second-order valence-electron chi connectivity index (χ2n) is 6.64. The van der Waals surface area contributed by atoms with E-state index in [1.54, 1.807) is 4.90 Å². The lowest BCUT2D eigenvalue weighted by atomic mass is 10.0. The first kappa shape index (κ1) is 18.2. The molecule has 130 valence electrons. The number of rotatable bonds is 8. The molecule has 0 radical (unpaired) electrons. The lowest BCUT2D eigenvalue weighted by Crippen LogP contribution is -2.34. The van der Waals surface area contributed by atoms with Crippen LogP contribution in [0.15, 0.2) is 42.7 Å². The van der Waals surface area contributed by atoms with Gasteiger partial charge in [0.2, 0.25) is 5.91 Å². The summed E-state index contributed by atoms with van der Waals surface area (Å²) in [4.78, 5) is 14.0. The third-order valence-electron chi connectivity index (χ3n) is 4.36. The first-order chi connectivity index (χ1) is 11.5. The second-order valence-corrected chi connectivity index (χ2v) is 6.64. The molecule has 1 aromatic carbocycles. The zero-order valence-corrected chi connectivity index (χ0v) is 14.9. The molecule has 5 heteroatoms. The molecular formula is C19H28N4O. The van der Waals surface area contributed by atoms with Gasteiger partial charge in [0.05, 0.1) is 11.9 Å². The maximum Gasteiger partial charge on any atom is 0.222 e. The molecule has 0 aliphatic carbocycles. The molecule has 1 unspecified atom stereocenters. The summed E-state index contributed by atoms with van der Waals surface area (Å²) in [5.74, 6) is 0.593. The molecule has 1 heterocycles. The van der Waals surface area contributed by atoms with Crippen LogP contribution in [0.1, 0.15) is 32.3 Å². The second kappa shape index (κ2) is 8.64. The van der Waals surface area contributed by atoms with Gasteiger partial charge in [-0.05, 0) is 36.5 Å². The Morgan fingerprint density at radius 2 is 2.00 bits per heavy atom. The first-order valence-electron chi connectivity index (χ1n) is 8.56. The van der Waals surface area contributed by atoms with Crippen molar-refractivity contribution in [1.29, 1.82) is 0 Å². The zero-order valence-electron chi connectivity index (χ0n) is 14.9. The largest absolute Gasteiger partial charge is 0.346 e. The van der Waals surface area contributed by atoms with Crippen molar-refractivity contribution in [1.82, 2.24) is 14.7 Å². The number of nitrogens with zero attached hydrogens (tertiary/aromatic N) is 3. The van der Waals surface area contributed by atoms with Gasteiger partial charge in [0.15, 0.2) is 0 Å². The van der Waals surface area contributed by atoms with Crippen molar-refractivity contribution in [2.75, 3.05) is 13.6 Å². The summed E-state index contributed by atoms with van der Waals surface area (Å²) in [7, 11) is 1.85. The SMILES string of the molecule is CC(C)C(N)CCN(C)C(=O)CCc1cnn(-c2ccccc2)c1. The molecule has 24 heavy (non-hydrogen) atoms. The fraction of sp³-hybridized carbons (Fsp3) is 0.474. The van der Waals surface area contributed by atoms with Gasteiger partial charge in [-0.1, -0.05) is 32.0 Å². The fourth-order valence-electron chi connectivity index (χ4n) is 2.45. The minimum Gasteiger partial charge on any atom is -0.346 e. The summed E-state index contributed by atoms with van der Waals surface area (Å²) in [6, 6.07) is 10.1. The quantitative estimate of drug-likeness (QED) is 0.810. The average Bonchev–Trinajstić information content (AvgIpc) is 3.06. The normalized spacial score (nSPS) is 12.4.